The lowest BCUT2D eigenvalue weighted by Crippen LogP contribution is -2.18. The molecule has 0 aliphatic rings. The van der Waals surface area contributed by atoms with Gasteiger partial charge >= 0.3 is 0 Å². The summed E-state index contributed by atoms with van der Waals surface area (Å²) < 4.78 is 2.13. The molecule has 94 valence electrons. The molecule has 1 aromatic rings. The third kappa shape index (κ3) is 2.17. The quantitative estimate of drug-likeness (QED) is 0.864. The number of aromatic nitrogens is 1. The van der Waals surface area contributed by atoms with E-state index in [1.165, 1.54) is 0 Å². The molecule has 1 atom stereocenters. The number of nitrogens with two attached hydrogens (primary N) is 1. The lowest BCUT2D eigenvalue weighted by atomic mass is 9.95. The lowest BCUT2D eigenvalue weighted by Gasteiger charge is -2.25. The normalized spacial score (nSPS) is 12.8. The van der Waals surface area contributed by atoms with Gasteiger partial charge in [-0.1, -0.05) is 26.7 Å². The van der Waals surface area contributed by atoms with Crippen LogP contribution in [-0.2, 0) is 0 Å². The van der Waals surface area contributed by atoms with Gasteiger partial charge in [-0.05, 0) is 32.3 Å². The molecule has 1 unspecified atom stereocenters. The zero-order chi connectivity index (χ0) is 13.2. The Balaban J connectivity index is 3.28. The third-order valence-electron chi connectivity index (χ3n) is 4.04. The van der Waals surface area contributed by atoms with E-state index in [2.05, 4.69) is 31.4 Å². The number of rotatable bonds is 4. The molecule has 3 heteroatoms. The Hall–Kier alpha value is -1.43. The maximum atomic E-state index is 9.13. The first-order chi connectivity index (χ1) is 7.99. The number of nitrogen functional groups attached to an aromatic ring is 1. The molecule has 0 fully saturated rings. The lowest BCUT2D eigenvalue weighted by molar-refractivity contribution is 0.333. The van der Waals surface area contributed by atoms with Crippen LogP contribution in [0.25, 0.3) is 0 Å². The third-order valence-corrected chi connectivity index (χ3v) is 4.04. The second kappa shape index (κ2) is 5.27. The predicted octanol–water partition coefficient (Wildman–Crippen LogP) is 3.56. The largest absolute Gasteiger partial charge is 0.384 e. The van der Waals surface area contributed by atoms with Gasteiger partial charge in [0.1, 0.15) is 11.9 Å². The number of hydrogen-bond acceptors (Lipinski definition) is 2. The summed E-state index contributed by atoms with van der Waals surface area (Å²) in [5.41, 5.74) is 8.88. The number of anilines is 1. The Morgan fingerprint density at radius 1 is 1.29 bits per heavy atom. The summed E-state index contributed by atoms with van der Waals surface area (Å²) >= 11 is 0. The fourth-order valence-corrected chi connectivity index (χ4v) is 2.70. The molecule has 0 aromatic carbocycles. The van der Waals surface area contributed by atoms with Crippen molar-refractivity contribution in [3.8, 4) is 6.07 Å². The van der Waals surface area contributed by atoms with Gasteiger partial charge in [0.05, 0.1) is 5.56 Å². The number of nitrogens with zero attached hydrogens (tertiary/aromatic N) is 2. The average molecular weight is 233 g/mol. The van der Waals surface area contributed by atoms with E-state index in [1.54, 1.807) is 0 Å². The van der Waals surface area contributed by atoms with Gasteiger partial charge in [-0.15, -0.1) is 0 Å². The summed E-state index contributed by atoms with van der Waals surface area (Å²) in [5, 5.41) is 9.13. The topological polar surface area (TPSA) is 54.7 Å². The van der Waals surface area contributed by atoms with Crippen LogP contribution >= 0.6 is 0 Å². The SMILES string of the molecule is CCC(CC)C(C)n1c(C)c(C)c(C#N)c1N. The van der Waals surface area contributed by atoms with Crippen molar-refractivity contribution in [1.82, 2.24) is 4.57 Å². The van der Waals surface area contributed by atoms with Crippen LogP contribution in [0.5, 0.6) is 0 Å². The molecule has 0 saturated heterocycles. The van der Waals surface area contributed by atoms with Gasteiger partial charge in [-0.3, -0.25) is 0 Å². The maximum absolute atomic E-state index is 9.13. The van der Waals surface area contributed by atoms with E-state index in [1.807, 2.05) is 13.8 Å². The van der Waals surface area contributed by atoms with Crippen LogP contribution in [0.15, 0.2) is 0 Å². The van der Waals surface area contributed by atoms with E-state index in [0.29, 0.717) is 23.3 Å². The first kappa shape index (κ1) is 13.6. The standard InChI is InChI=1S/C14H23N3/c1-6-12(7-2)11(5)17-10(4)9(3)13(8-15)14(17)16/h11-12H,6-7,16H2,1-5H3. The minimum absolute atomic E-state index is 0.353. The van der Waals surface area contributed by atoms with Crippen LogP contribution < -0.4 is 5.73 Å². The molecule has 0 aliphatic carbocycles. The Morgan fingerprint density at radius 3 is 2.18 bits per heavy atom. The van der Waals surface area contributed by atoms with Crippen molar-refractivity contribution in [3.63, 3.8) is 0 Å². The molecule has 17 heavy (non-hydrogen) atoms. The number of hydrogen-bond donors (Lipinski definition) is 1. The smallest absolute Gasteiger partial charge is 0.122 e. The van der Waals surface area contributed by atoms with Gasteiger partial charge in [0.15, 0.2) is 0 Å². The van der Waals surface area contributed by atoms with Crippen LogP contribution in [0.4, 0.5) is 5.82 Å². The second-order valence-electron chi connectivity index (χ2n) is 4.77. The zero-order valence-electron chi connectivity index (χ0n) is 11.5. The Bertz CT molecular complexity index is 433. The highest BCUT2D eigenvalue weighted by Crippen LogP contribution is 2.33. The van der Waals surface area contributed by atoms with Gasteiger partial charge in [-0.25, -0.2) is 0 Å². The highest BCUT2D eigenvalue weighted by atomic mass is 15.1. The first-order valence-corrected chi connectivity index (χ1v) is 6.36. The van der Waals surface area contributed by atoms with Gasteiger partial charge in [0.2, 0.25) is 0 Å². The maximum Gasteiger partial charge on any atom is 0.122 e. The first-order valence-electron chi connectivity index (χ1n) is 6.36. The van der Waals surface area contributed by atoms with E-state index in [4.69, 9.17) is 11.0 Å². The van der Waals surface area contributed by atoms with Gasteiger partial charge < -0.3 is 10.3 Å². The van der Waals surface area contributed by atoms with Crippen molar-refractivity contribution in [2.75, 3.05) is 5.73 Å². The van der Waals surface area contributed by atoms with Crippen molar-refractivity contribution in [2.45, 2.75) is 53.5 Å². The van der Waals surface area contributed by atoms with Crippen LogP contribution in [-0.4, -0.2) is 4.57 Å². The summed E-state index contributed by atoms with van der Waals surface area (Å²) in [7, 11) is 0. The van der Waals surface area contributed by atoms with Crippen molar-refractivity contribution in [2.24, 2.45) is 5.92 Å². The summed E-state index contributed by atoms with van der Waals surface area (Å²) in [6, 6.07) is 2.56. The minimum Gasteiger partial charge on any atom is -0.384 e. The van der Waals surface area contributed by atoms with Crippen molar-refractivity contribution >= 4 is 5.82 Å². The fourth-order valence-electron chi connectivity index (χ4n) is 2.70. The molecule has 0 amide bonds. The number of nitriles is 1. The van der Waals surface area contributed by atoms with Crippen LogP contribution in [0.2, 0.25) is 0 Å². The molecule has 0 bridgehead atoms. The van der Waals surface area contributed by atoms with Crippen molar-refractivity contribution in [1.29, 1.82) is 5.26 Å². The van der Waals surface area contributed by atoms with Gasteiger partial charge in [0.25, 0.3) is 0 Å². The molecule has 2 N–H and O–H groups in total. The van der Waals surface area contributed by atoms with E-state index in [9.17, 15) is 0 Å². The summed E-state index contributed by atoms with van der Waals surface area (Å²) in [6.45, 7) is 10.6. The van der Waals surface area contributed by atoms with E-state index >= 15 is 0 Å². The van der Waals surface area contributed by atoms with E-state index < -0.39 is 0 Å². The van der Waals surface area contributed by atoms with Crippen molar-refractivity contribution in [3.05, 3.63) is 16.8 Å². The Kier molecular flexibility index (Phi) is 4.22. The highest BCUT2D eigenvalue weighted by Gasteiger charge is 2.22. The summed E-state index contributed by atoms with van der Waals surface area (Å²) in [6.07, 6.45) is 2.27. The summed E-state index contributed by atoms with van der Waals surface area (Å²) in [5.74, 6) is 1.23. The van der Waals surface area contributed by atoms with Gasteiger partial charge in [0, 0.05) is 11.7 Å². The van der Waals surface area contributed by atoms with Crippen LogP contribution in [0, 0.1) is 31.1 Å². The Morgan fingerprint density at radius 2 is 1.82 bits per heavy atom. The minimum atomic E-state index is 0.353. The van der Waals surface area contributed by atoms with Crippen LogP contribution in [0.1, 0.15) is 56.5 Å². The molecule has 1 rings (SSSR count). The van der Waals surface area contributed by atoms with E-state index in [0.717, 1.165) is 24.1 Å². The van der Waals surface area contributed by atoms with E-state index in [-0.39, 0.29) is 0 Å². The molecule has 0 spiro atoms. The monoisotopic (exact) mass is 233 g/mol. The molecule has 0 aliphatic heterocycles. The second-order valence-corrected chi connectivity index (χ2v) is 4.77. The summed E-state index contributed by atoms with van der Waals surface area (Å²) in [4.78, 5) is 0. The fraction of sp³-hybridized carbons (Fsp3) is 0.643. The van der Waals surface area contributed by atoms with Crippen molar-refractivity contribution < 1.29 is 0 Å². The molecule has 1 aromatic heterocycles. The average Bonchev–Trinajstić information content (AvgIpc) is 2.51. The molecule has 0 saturated carbocycles. The van der Waals surface area contributed by atoms with Crippen LogP contribution in [0.3, 0.4) is 0 Å². The molecule has 3 nitrogen and oxygen atoms in total. The highest BCUT2D eigenvalue weighted by molar-refractivity contribution is 5.58. The molecular formula is C14H23N3. The predicted molar refractivity (Wildman–Crippen MR) is 71.8 cm³/mol. The van der Waals surface area contributed by atoms with Gasteiger partial charge in [-0.2, -0.15) is 5.26 Å². The Labute approximate surface area is 104 Å². The molecule has 1 heterocycles. The molecular weight excluding hydrogens is 210 g/mol. The zero-order valence-corrected chi connectivity index (χ0v) is 11.5. The molecule has 0 radical (unpaired) electrons.